The average Bonchev–Trinajstić information content (AvgIpc) is 2.78. The molecular weight excluding hydrogens is 231 g/mol. The molecule has 2 rings (SSSR count). The van der Waals surface area contributed by atoms with Crippen LogP contribution in [0, 0.1) is 5.82 Å². The number of benzene rings is 1. The molecule has 0 N–H and O–H groups in total. The molecule has 1 heterocycles. The van der Waals surface area contributed by atoms with Gasteiger partial charge in [0.25, 0.3) is 0 Å². The van der Waals surface area contributed by atoms with Crippen molar-refractivity contribution in [3.8, 4) is 0 Å². The molecule has 0 aliphatic carbocycles. The second-order valence-electron chi connectivity index (χ2n) is 5.07. The van der Waals surface area contributed by atoms with Gasteiger partial charge in [-0.25, -0.2) is 4.39 Å². The number of carbonyl (C=O) groups excluding carboxylic acids is 1. The molecule has 1 aliphatic heterocycles. The highest BCUT2D eigenvalue weighted by Crippen LogP contribution is 2.25. The first-order chi connectivity index (χ1) is 8.49. The number of Topliss-reactive ketones (excluding diaryl/α,β-unsaturated/α-hetero) is 1. The highest BCUT2D eigenvalue weighted by atomic mass is 19.1. The standard InChI is InChI=1S/C14H19FN2O/c1-10(18)11-4-5-14(13(15)8-11)17-7-6-12(9-17)16(2)3/h4-5,8,12H,6-7,9H2,1-3H3. The smallest absolute Gasteiger partial charge is 0.159 e. The molecule has 3 nitrogen and oxygen atoms in total. The van der Waals surface area contributed by atoms with Crippen molar-refractivity contribution >= 4 is 11.5 Å². The number of anilines is 1. The fourth-order valence-corrected chi connectivity index (χ4v) is 2.36. The maximum Gasteiger partial charge on any atom is 0.159 e. The van der Waals surface area contributed by atoms with Gasteiger partial charge in [0, 0.05) is 24.7 Å². The van der Waals surface area contributed by atoms with Crippen LogP contribution in [0.2, 0.25) is 0 Å². The van der Waals surface area contributed by atoms with Gasteiger partial charge < -0.3 is 9.80 Å². The van der Waals surface area contributed by atoms with E-state index < -0.39 is 0 Å². The lowest BCUT2D eigenvalue weighted by molar-refractivity contribution is 0.101. The normalized spacial score (nSPS) is 19.6. The zero-order chi connectivity index (χ0) is 13.3. The Morgan fingerprint density at radius 3 is 2.67 bits per heavy atom. The van der Waals surface area contributed by atoms with Gasteiger partial charge in [0.15, 0.2) is 5.78 Å². The molecular formula is C14H19FN2O. The Labute approximate surface area is 107 Å². The molecule has 1 unspecified atom stereocenters. The summed E-state index contributed by atoms with van der Waals surface area (Å²) in [6.07, 6.45) is 1.04. The summed E-state index contributed by atoms with van der Waals surface area (Å²) in [5, 5.41) is 0. The van der Waals surface area contributed by atoms with Gasteiger partial charge in [0.1, 0.15) is 5.82 Å². The number of likely N-dealkylation sites (N-methyl/N-ethyl adjacent to an activating group) is 1. The van der Waals surface area contributed by atoms with Gasteiger partial charge in [-0.3, -0.25) is 4.79 Å². The van der Waals surface area contributed by atoms with Crippen molar-refractivity contribution in [3.05, 3.63) is 29.6 Å². The van der Waals surface area contributed by atoms with Crippen LogP contribution in [0.25, 0.3) is 0 Å². The van der Waals surface area contributed by atoms with Crippen molar-refractivity contribution < 1.29 is 9.18 Å². The summed E-state index contributed by atoms with van der Waals surface area (Å²) in [4.78, 5) is 15.4. The molecule has 0 radical (unpaired) electrons. The molecule has 0 bridgehead atoms. The van der Waals surface area contributed by atoms with Crippen LogP contribution in [0.5, 0.6) is 0 Å². The number of halogens is 1. The first kappa shape index (κ1) is 13.0. The summed E-state index contributed by atoms with van der Waals surface area (Å²) in [5.41, 5.74) is 1.03. The summed E-state index contributed by atoms with van der Waals surface area (Å²) in [6.45, 7) is 3.15. The van der Waals surface area contributed by atoms with Crippen LogP contribution in [0.4, 0.5) is 10.1 Å². The monoisotopic (exact) mass is 250 g/mol. The topological polar surface area (TPSA) is 23.6 Å². The molecule has 1 fully saturated rings. The minimum atomic E-state index is -0.304. The molecule has 4 heteroatoms. The molecule has 0 amide bonds. The first-order valence-corrected chi connectivity index (χ1v) is 6.21. The van der Waals surface area contributed by atoms with Gasteiger partial charge in [0.05, 0.1) is 5.69 Å². The van der Waals surface area contributed by atoms with Gasteiger partial charge >= 0.3 is 0 Å². The molecule has 1 aromatic carbocycles. The third-order valence-corrected chi connectivity index (χ3v) is 3.59. The van der Waals surface area contributed by atoms with Crippen molar-refractivity contribution in [3.63, 3.8) is 0 Å². The average molecular weight is 250 g/mol. The Morgan fingerprint density at radius 2 is 2.17 bits per heavy atom. The lowest BCUT2D eigenvalue weighted by Gasteiger charge is -2.22. The van der Waals surface area contributed by atoms with E-state index in [1.54, 1.807) is 12.1 Å². The highest BCUT2D eigenvalue weighted by molar-refractivity contribution is 5.94. The summed E-state index contributed by atoms with van der Waals surface area (Å²) in [6, 6.07) is 5.21. The summed E-state index contributed by atoms with van der Waals surface area (Å²) in [5.74, 6) is -0.407. The van der Waals surface area contributed by atoms with E-state index in [0.717, 1.165) is 19.5 Å². The summed E-state index contributed by atoms with van der Waals surface area (Å²) < 4.78 is 14.0. The van der Waals surface area contributed by atoms with Crippen LogP contribution in [0.3, 0.4) is 0 Å². The van der Waals surface area contributed by atoms with Gasteiger partial charge in [-0.05, 0) is 45.6 Å². The van der Waals surface area contributed by atoms with Crippen molar-refractivity contribution in [2.24, 2.45) is 0 Å². The Hall–Kier alpha value is -1.42. The minimum absolute atomic E-state index is 0.104. The number of ketones is 1. The molecule has 1 atom stereocenters. The Kier molecular flexibility index (Phi) is 3.66. The molecule has 0 spiro atoms. The number of hydrogen-bond donors (Lipinski definition) is 0. The summed E-state index contributed by atoms with van der Waals surface area (Å²) >= 11 is 0. The lowest BCUT2D eigenvalue weighted by Crippen LogP contribution is -2.31. The number of carbonyl (C=O) groups is 1. The first-order valence-electron chi connectivity index (χ1n) is 6.21. The maximum atomic E-state index is 14.0. The minimum Gasteiger partial charge on any atom is -0.368 e. The number of hydrogen-bond acceptors (Lipinski definition) is 3. The van der Waals surface area contributed by atoms with E-state index in [2.05, 4.69) is 4.90 Å². The van der Waals surface area contributed by atoms with Crippen molar-refractivity contribution in [2.45, 2.75) is 19.4 Å². The molecule has 0 saturated carbocycles. The fraction of sp³-hybridized carbons (Fsp3) is 0.500. The molecule has 98 valence electrons. The zero-order valence-corrected chi connectivity index (χ0v) is 11.1. The Morgan fingerprint density at radius 1 is 1.44 bits per heavy atom. The number of rotatable bonds is 3. The van der Waals surface area contributed by atoms with E-state index in [9.17, 15) is 9.18 Å². The van der Waals surface area contributed by atoms with Gasteiger partial charge in [-0.15, -0.1) is 0 Å². The van der Waals surface area contributed by atoms with Crippen LogP contribution in [-0.2, 0) is 0 Å². The van der Waals surface area contributed by atoms with E-state index in [0.29, 0.717) is 17.3 Å². The van der Waals surface area contributed by atoms with Crippen LogP contribution >= 0.6 is 0 Å². The SMILES string of the molecule is CC(=O)c1ccc(N2CCC(N(C)C)C2)c(F)c1. The highest BCUT2D eigenvalue weighted by Gasteiger charge is 2.25. The van der Waals surface area contributed by atoms with Crippen molar-refractivity contribution in [2.75, 3.05) is 32.1 Å². The Balaban J connectivity index is 2.18. The second kappa shape index (κ2) is 5.06. The van der Waals surface area contributed by atoms with E-state index in [1.807, 2.05) is 19.0 Å². The largest absolute Gasteiger partial charge is 0.368 e. The molecule has 1 saturated heterocycles. The van der Waals surface area contributed by atoms with E-state index >= 15 is 0 Å². The molecule has 1 aliphatic rings. The van der Waals surface area contributed by atoms with Crippen molar-refractivity contribution in [1.82, 2.24) is 4.90 Å². The van der Waals surface area contributed by atoms with E-state index in [-0.39, 0.29) is 11.6 Å². The van der Waals surface area contributed by atoms with E-state index in [1.165, 1.54) is 13.0 Å². The van der Waals surface area contributed by atoms with Gasteiger partial charge in [-0.2, -0.15) is 0 Å². The number of nitrogens with zero attached hydrogens (tertiary/aromatic N) is 2. The van der Waals surface area contributed by atoms with Gasteiger partial charge in [0.2, 0.25) is 0 Å². The predicted molar refractivity (Wildman–Crippen MR) is 70.7 cm³/mol. The summed E-state index contributed by atoms with van der Waals surface area (Å²) in [7, 11) is 4.09. The molecule has 18 heavy (non-hydrogen) atoms. The third kappa shape index (κ3) is 2.53. The fourth-order valence-electron chi connectivity index (χ4n) is 2.36. The second-order valence-corrected chi connectivity index (χ2v) is 5.07. The Bertz CT molecular complexity index is 459. The van der Waals surface area contributed by atoms with E-state index in [4.69, 9.17) is 0 Å². The van der Waals surface area contributed by atoms with Crippen LogP contribution in [-0.4, -0.2) is 43.9 Å². The predicted octanol–water partition coefficient (Wildman–Crippen LogP) is 2.17. The van der Waals surface area contributed by atoms with Crippen LogP contribution in [0.15, 0.2) is 18.2 Å². The quantitative estimate of drug-likeness (QED) is 0.768. The molecule has 0 aromatic heterocycles. The lowest BCUT2D eigenvalue weighted by atomic mass is 10.1. The van der Waals surface area contributed by atoms with Crippen molar-refractivity contribution in [1.29, 1.82) is 0 Å². The van der Waals surface area contributed by atoms with Gasteiger partial charge in [-0.1, -0.05) is 0 Å². The molecule has 1 aromatic rings. The van der Waals surface area contributed by atoms with Crippen LogP contribution < -0.4 is 4.90 Å². The maximum absolute atomic E-state index is 14.0. The third-order valence-electron chi connectivity index (χ3n) is 3.59. The zero-order valence-electron chi connectivity index (χ0n) is 11.1. The van der Waals surface area contributed by atoms with Crippen LogP contribution in [0.1, 0.15) is 23.7 Å².